The molecule has 2 amide bonds. The third-order valence-corrected chi connectivity index (χ3v) is 5.90. The molecule has 1 aromatic carbocycles. The van der Waals surface area contributed by atoms with E-state index in [2.05, 4.69) is 10.4 Å². The summed E-state index contributed by atoms with van der Waals surface area (Å²) in [5, 5.41) is 35.9. The fraction of sp³-hybridized carbons (Fsp3) is 0.440. The van der Waals surface area contributed by atoms with E-state index in [4.69, 9.17) is 21.4 Å². The number of nitrogens with zero attached hydrogens (tertiary/aromatic N) is 3. The van der Waals surface area contributed by atoms with Gasteiger partial charge in [-0.15, -0.1) is 0 Å². The van der Waals surface area contributed by atoms with Crippen LogP contribution in [0.5, 0.6) is 5.75 Å². The van der Waals surface area contributed by atoms with Gasteiger partial charge in [-0.2, -0.15) is 5.10 Å². The van der Waals surface area contributed by atoms with Gasteiger partial charge in [0.25, 0.3) is 5.91 Å². The average Bonchev–Trinajstić information content (AvgIpc) is 3.38. The zero-order chi connectivity index (χ0) is 27.1. The number of benzene rings is 1. The molecule has 3 rings (SSSR count). The normalized spacial score (nSPS) is 15.5. The first-order chi connectivity index (χ1) is 17.5. The fourth-order valence-corrected chi connectivity index (χ4v) is 4.13. The molecule has 2 heterocycles. The summed E-state index contributed by atoms with van der Waals surface area (Å²) in [4.78, 5) is 38.1. The van der Waals surface area contributed by atoms with Gasteiger partial charge in [0.2, 0.25) is 5.91 Å². The van der Waals surface area contributed by atoms with Crippen LogP contribution in [-0.2, 0) is 20.9 Å². The number of hydrogen-bond acceptors (Lipinski definition) is 7. The van der Waals surface area contributed by atoms with Crippen LogP contribution in [0.25, 0.3) is 0 Å². The number of aromatic nitrogens is 2. The molecule has 13 heteroatoms. The molecule has 38 heavy (non-hydrogen) atoms. The van der Waals surface area contributed by atoms with Gasteiger partial charge in [-0.1, -0.05) is 37.6 Å². The topological polar surface area (TPSA) is 154 Å². The van der Waals surface area contributed by atoms with Crippen molar-refractivity contribution in [1.82, 2.24) is 14.7 Å². The maximum absolute atomic E-state index is 13.2. The van der Waals surface area contributed by atoms with Crippen molar-refractivity contribution in [1.29, 1.82) is 0 Å². The van der Waals surface area contributed by atoms with Crippen LogP contribution in [0.1, 0.15) is 33.1 Å². The molecule has 4 N–H and O–H groups in total. The predicted octanol–water partition coefficient (Wildman–Crippen LogP) is 1.37. The minimum absolute atomic E-state index is 0. The summed E-state index contributed by atoms with van der Waals surface area (Å²) in [6.07, 6.45) is 0.480. The van der Waals surface area contributed by atoms with Gasteiger partial charge in [0, 0.05) is 24.8 Å². The van der Waals surface area contributed by atoms with E-state index in [1.807, 2.05) is 13.8 Å². The first-order valence-electron chi connectivity index (χ1n) is 11.9. The van der Waals surface area contributed by atoms with Crippen molar-refractivity contribution in [3.05, 3.63) is 53.4 Å². The van der Waals surface area contributed by atoms with Crippen molar-refractivity contribution in [2.45, 2.75) is 57.9 Å². The number of ether oxygens (including phenoxy) is 1. The summed E-state index contributed by atoms with van der Waals surface area (Å²) in [5.41, 5.74) is 0. The molecule has 2 aromatic rings. The van der Waals surface area contributed by atoms with Gasteiger partial charge >= 0.3 is 43.7 Å². The summed E-state index contributed by atoms with van der Waals surface area (Å²) in [6, 6.07) is 7.66. The number of carbonyl (C=O) groups is 3. The molecule has 0 radical (unpaired) electrons. The van der Waals surface area contributed by atoms with Crippen molar-refractivity contribution in [3.8, 4) is 5.75 Å². The molecule has 1 aromatic heterocycles. The van der Waals surface area contributed by atoms with Crippen LogP contribution in [-0.4, -0.2) is 110 Å². The summed E-state index contributed by atoms with van der Waals surface area (Å²) >= 11 is 6.15. The van der Waals surface area contributed by atoms with E-state index in [-0.39, 0.29) is 74.9 Å². The fourth-order valence-electron chi connectivity index (χ4n) is 3.96. The van der Waals surface area contributed by atoms with Crippen LogP contribution in [0.4, 0.5) is 5.82 Å². The Kier molecular flexibility index (Phi) is 12.5. The van der Waals surface area contributed by atoms with E-state index in [1.165, 1.54) is 21.9 Å². The first-order valence-corrected chi connectivity index (χ1v) is 12.3. The minimum atomic E-state index is -1.18. The van der Waals surface area contributed by atoms with E-state index in [1.54, 1.807) is 30.3 Å². The summed E-state index contributed by atoms with van der Waals surface area (Å²) < 4.78 is 7.17. The van der Waals surface area contributed by atoms with Crippen LogP contribution in [0.3, 0.4) is 0 Å². The van der Waals surface area contributed by atoms with Crippen LogP contribution < -0.4 is 10.1 Å². The number of carboxylic acid groups (broad SMARTS) is 1. The zero-order valence-corrected chi connectivity index (χ0v) is 21.3. The molecule has 1 aliphatic heterocycles. The number of carboxylic acids is 1. The monoisotopic (exact) mass is 576 g/mol. The molecule has 3 atom stereocenters. The van der Waals surface area contributed by atoms with Crippen molar-refractivity contribution in [3.63, 3.8) is 0 Å². The molecular formula is C25H33CaClN4O7. The number of nitrogens with one attached hydrogen (secondary N) is 1. The van der Waals surface area contributed by atoms with Crippen LogP contribution in [0.15, 0.2) is 48.4 Å². The molecule has 204 valence electrons. The number of halogens is 1. The second-order valence-electron chi connectivity index (χ2n) is 9.31. The third-order valence-electron chi connectivity index (χ3n) is 5.59. The molecule has 0 bridgehead atoms. The van der Waals surface area contributed by atoms with Gasteiger partial charge in [-0.3, -0.25) is 19.1 Å². The number of rotatable bonds is 13. The molecule has 1 aliphatic rings. The Morgan fingerprint density at radius 3 is 2.53 bits per heavy atom. The number of amides is 2. The Balaban J connectivity index is 0.00000507. The van der Waals surface area contributed by atoms with Crippen molar-refractivity contribution < 1.29 is 34.4 Å². The molecule has 0 spiro atoms. The van der Waals surface area contributed by atoms with E-state index >= 15 is 0 Å². The molecule has 0 saturated heterocycles. The van der Waals surface area contributed by atoms with Gasteiger partial charge in [0.1, 0.15) is 17.6 Å². The van der Waals surface area contributed by atoms with Gasteiger partial charge in [-0.05, 0) is 24.5 Å². The summed E-state index contributed by atoms with van der Waals surface area (Å²) in [6.45, 7) is 4.00. The van der Waals surface area contributed by atoms with Crippen LogP contribution >= 0.6 is 11.6 Å². The van der Waals surface area contributed by atoms with Crippen molar-refractivity contribution in [2.75, 3.05) is 11.9 Å². The van der Waals surface area contributed by atoms with Gasteiger partial charge in [-0.25, -0.2) is 0 Å². The number of carbonyl (C=O) groups excluding carboxylic acids is 2. The Morgan fingerprint density at radius 1 is 1.16 bits per heavy atom. The Hall–Kier alpha value is -2.15. The number of aliphatic hydroxyl groups excluding tert-OH is 2. The zero-order valence-electron chi connectivity index (χ0n) is 20.6. The summed E-state index contributed by atoms with van der Waals surface area (Å²) in [7, 11) is 0. The maximum atomic E-state index is 13.2. The van der Waals surface area contributed by atoms with Crippen molar-refractivity contribution in [2.24, 2.45) is 5.92 Å². The van der Waals surface area contributed by atoms with E-state index in [0.29, 0.717) is 23.0 Å². The quantitative estimate of drug-likeness (QED) is 0.261. The molecule has 0 fully saturated rings. The van der Waals surface area contributed by atoms with Crippen LogP contribution in [0, 0.1) is 5.92 Å². The van der Waals surface area contributed by atoms with Gasteiger partial charge < -0.3 is 30.3 Å². The Labute approximate surface area is 255 Å². The van der Waals surface area contributed by atoms with Crippen molar-refractivity contribution >= 4 is 72.9 Å². The SMILES string of the molecule is CC(C)C[C@@H](C(=O)Nc1ccn(C[C@@H](O)C[C@@H](O)CC(=O)O)n1)N1CC(Oc2ccccc2Cl)=CC1=O.[CaH2]. The molecule has 11 nitrogen and oxygen atoms in total. The molecule has 0 unspecified atom stereocenters. The van der Waals surface area contributed by atoms with E-state index in [9.17, 15) is 24.6 Å². The van der Waals surface area contributed by atoms with Gasteiger partial charge in [0.15, 0.2) is 5.82 Å². The van der Waals surface area contributed by atoms with E-state index < -0.39 is 36.5 Å². The number of aliphatic carboxylic acids is 1. The second kappa shape index (κ2) is 14.9. The number of anilines is 1. The van der Waals surface area contributed by atoms with Gasteiger partial charge in [0.05, 0.1) is 36.7 Å². The number of aliphatic hydroxyl groups is 2. The van der Waals surface area contributed by atoms with Crippen LogP contribution in [0.2, 0.25) is 5.02 Å². The number of hydrogen-bond donors (Lipinski definition) is 4. The standard InChI is InChI=1S/C25H31ClN4O7.Ca.2H/c1-15(2)9-20(30-14-18(12-23(30)33)37-21-6-4-3-5-19(21)26)25(36)27-22-7-8-29(28-22)13-17(32)10-16(31)11-24(34)35;;;/h3-8,12,15-17,20,31-32H,9-11,13-14H2,1-2H3,(H,34,35)(H,27,28,36);;;/t16-,17+,20+;;;/m1.../s1. The molecular weight excluding hydrogens is 544 g/mol. The van der Waals surface area contributed by atoms with E-state index in [0.717, 1.165) is 0 Å². The second-order valence-corrected chi connectivity index (χ2v) is 9.72. The molecule has 0 saturated carbocycles. The Bertz CT molecular complexity index is 1160. The predicted molar refractivity (Wildman–Crippen MR) is 143 cm³/mol. The average molecular weight is 577 g/mol. The summed E-state index contributed by atoms with van der Waals surface area (Å²) in [5.74, 6) is -0.796. The molecule has 0 aliphatic carbocycles. The first kappa shape index (κ1) is 32.1. The third kappa shape index (κ3) is 9.55. The number of para-hydroxylation sites is 1. The Morgan fingerprint density at radius 2 is 1.87 bits per heavy atom.